The van der Waals surface area contributed by atoms with Crippen LogP contribution in [-0.2, 0) is 0 Å². The maximum Gasteiger partial charge on any atom is 0.304 e. The van der Waals surface area contributed by atoms with Crippen LogP contribution < -0.4 is 4.90 Å². The van der Waals surface area contributed by atoms with E-state index in [0.29, 0.717) is 5.69 Å². The lowest BCUT2D eigenvalue weighted by molar-refractivity contribution is -0.387. The molecule has 0 N–H and O–H groups in total. The lowest BCUT2D eigenvalue weighted by Crippen LogP contribution is -2.21. The third-order valence-electron chi connectivity index (χ3n) is 2.26. The second-order valence-corrected chi connectivity index (χ2v) is 3.07. The summed E-state index contributed by atoms with van der Waals surface area (Å²) in [6.45, 7) is 5.38. The minimum atomic E-state index is -0.788. The molecule has 0 heterocycles. The Labute approximate surface area is 87.5 Å². The lowest BCUT2D eigenvalue weighted by Gasteiger charge is -2.20. The van der Waals surface area contributed by atoms with E-state index in [-0.39, 0.29) is 0 Å². The maximum atomic E-state index is 13.3. The number of nitro benzene ring substituents is 1. The number of hydrogen-bond acceptors (Lipinski definition) is 3. The van der Waals surface area contributed by atoms with Crippen LogP contribution in [0, 0.1) is 15.9 Å². The Hall–Kier alpha value is -1.65. The van der Waals surface area contributed by atoms with E-state index in [0.717, 1.165) is 13.1 Å². The normalized spacial score (nSPS) is 10.1. The molecule has 1 aromatic rings. The summed E-state index contributed by atoms with van der Waals surface area (Å²) in [5.41, 5.74) is 0.189. The van der Waals surface area contributed by atoms with Crippen LogP contribution in [0.2, 0.25) is 0 Å². The van der Waals surface area contributed by atoms with Crippen LogP contribution in [0.3, 0.4) is 0 Å². The zero-order valence-corrected chi connectivity index (χ0v) is 8.74. The molecule has 0 spiro atoms. The van der Waals surface area contributed by atoms with Crippen LogP contribution in [0.1, 0.15) is 13.8 Å². The summed E-state index contributed by atoms with van der Waals surface area (Å²) in [7, 11) is 0. The van der Waals surface area contributed by atoms with Gasteiger partial charge in [-0.25, -0.2) is 0 Å². The van der Waals surface area contributed by atoms with Gasteiger partial charge in [0.25, 0.3) is 0 Å². The van der Waals surface area contributed by atoms with Crippen molar-refractivity contribution in [2.45, 2.75) is 13.8 Å². The number of halogens is 1. The smallest absolute Gasteiger partial charge is 0.304 e. The SMILES string of the molecule is CCN(CC)c1ccc([N+](=O)[O-])c(F)c1. The number of nitro groups is 1. The number of anilines is 1. The van der Waals surface area contributed by atoms with E-state index in [9.17, 15) is 14.5 Å². The molecular weight excluding hydrogens is 199 g/mol. The van der Waals surface area contributed by atoms with Crippen molar-refractivity contribution in [2.24, 2.45) is 0 Å². The van der Waals surface area contributed by atoms with Crippen molar-refractivity contribution >= 4 is 11.4 Å². The van der Waals surface area contributed by atoms with Gasteiger partial charge < -0.3 is 4.90 Å². The Morgan fingerprint density at radius 1 is 1.40 bits per heavy atom. The predicted molar refractivity (Wildman–Crippen MR) is 56.6 cm³/mol. The second-order valence-electron chi connectivity index (χ2n) is 3.07. The highest BCUT2D eigenvalue weighted by Gasteiger charge is 2.15. The van der Waals surface area contributed by atoms with Gasteiger partial charge in [-0.1, -0.05) is 0 Å². The van der Waals surface area contributed by atoms with Gasteiger partial charge >= 0.3 is 5.69 Å². The number of benzene rings is 1. The van der Waals surface area contributed by atoms with E-state index in [4.69, 9.17) is 0 Å². The summed E-state index contributed by atoms with van der Waals surface area (Å²) >= 11 is 0. The average Bonchev–Trinajstić information content (AvgIpc) is 2.19. The third kappa shape index (κ3) is 2.43. The molecule has 0 bridgehead atoms. The van der Waals surface area contributed by atoms with Gasteiger partial charge in [0.15, 0.2) is 0 Å². The summed E-state index contributed by atoms with van der Waals surface area (Å²) in [5.74, 6) is -0.788. The summed E-state index contributed by atoms with van der Waals surface area (Å²) in [5, 5.41) is 10.4. The highest BCUT2D eigenvalue weighted by molar-refractivity contribution is 5.51. The fraction of sp³-hybridized carbons (Fsp3) is 0.400. The largest absolute Gasteiger partial charge is 0.372 e. The second kappa shape index (κ2) is 4.72. The van der Waals surface area contributed by atoms with Gasteiger partial charge in [0.1, 0.15) is 0 Å². The number of nitrogens with zero attached hydrogens (tertiary/aromatic N) is 2. The van der Waals surface area contributed by atoms with E-state index in [1.165, 1.54) is 12.1 Å². The van der Waals surface area contributed by atoms with Crippen molar-refractivity contribution in [3.8, 4) is 0 Å². The molecule has 0 unspecified atom stereocenters. The predicted octanol–water partition coefficient (Wildman–Crippen LogP) is 2.58. The van der Waals surface area contributed by atoms with Crippen molar-refractivity contribution in [1.82, 2.24) is 0 Å². The Morgan fingerprint density at radius 3 is 2.40 bits per heavy atom. The Kier molecular flexibility index (Phi) is 3.60. The number of rotatable bonds is 4. The summed E-state index contributed by atoms with van der Waals surface area (Å²) in [4.78, 5) is 11.6. The molecule has 0 atom stereocenters. The monoisotopic (exact) mass is 212 g/mol. The molecule has 0 saturated heterocycles. The lowest BCUT2D eigenvalue weighted by atomic mass is 10.2. The first kappa shape index (κ1) is 11.4. The van der Waals surface area contributed by atoms with Gasteiger partial charge in [0.2, 0.25) is 5.82 Å². The first-order chi connectivity index (χ1) is 7.10. The minimum Gasteiger partial charge on any atom is -0.372 e. The Morgan fingerprint density at radius 2 is 2.00 bits per heavy atom. The molecule has 0 aliphatic carbocycles. The molecule has 0 radical (unpaired) electrons. The van der Waals surface area contributed by atoms with Crippen molar-refractivity contribution in [3.05, 3.63) is 34.1 Å². The highest BCUT2D eigenvalue weighted by atomic mass is 19.1. The van der Waals surface area contributed by atoms with E-state index >= 15 is 0 Å². The summed E-state index contributed by atoms with van der Waals surface area (Å²) in [6.07, 6.45) is 0. The maximum absolute atomic E-state index is 13.3. The van der Waals surface area contributed by atoms with E-state index < -0.39 is 16.4 Å². The van der Waals surface area contributed by atoms with Gasteiger partial charge in [-0.2, -0.15) is 4.39 Å². The molecule has 0 aliphatic heterocycles. The Balaban J connectivity index is 3.05. The zero-order chi connectivity index (χ0) is 11.4. The van der Waals surface area contributed by atoms with Crippen molar-refractivity contribution in [2.75, 3.05) is 18.0 Å². The highest BCUT2D eigenvalue weighted by Crippen LogP contribution is 2.23. The van der Waals surface area contributed by atoms with Crippen LogP contribution in [0.5, 0.6) is 0 Å². The van der Waals surface area contributed by atoms with Gasteiger partial charge in [0.05, 0.1) is 4.92 Å². The van der Waals surface area contributed by atoms with Gasteiger partial charge in [0, 0.05) is 30.9 Å². The third-order valence-corrected chi connectivity index (χ3v) is 2.26. The molecule has 0 fully saturated rings. The van der Waals surface area contributed by atoms with Gasteiger partial charge in [-0.15, -0.1) is 0 Å². The summed E-state index contributed by atoms with van der Waals surface area (Å²) in [6, 6.07) is 3.96. The van der Waals surface area contributed by atoms with E-state index in [1.54, 1.807) is 6.07 Å². The molecule has 0 amide bonds. The van der Waals surface area contributed by atoms with Crippen LogP contribution >= 0.6 is 0 Å². The average molecular weight is 212 g/mol. The van der Waals surface area contributed by atoms with E-state index in [2.05, 4.69) is 0 Å². The van der Waals surface area contributed by atoms with Gasteiger partial charge in [-0.05, 0) is 19.9 Å². The first-order valence-corrected chi connectivity index (χ1v) is 4.79. The topological polar surface area (TPSA) is 46.4 Å². The van der Waals surface area contributed by atoms with Crippen molar-refractivity contribution in [1.29, 1.82) is 0 Å². The Bertz CT molecular complexity index is 364. The molecule has 0 aromatic heterocycles. The molecule has 15 heavy (non-hydrogen) atoms. The quantitative estimate of drug-likeness (QED) is 0.569. The standard InChI is InChI=1S/C10H13FN2O2/c1-3-12(4-2)8-5-6-10(13(14)15)9(11)7-8/h5-7H,3-4H2,1-2H3. The molecular formula is C10H13FN2O2. The first-order valence-electron chi connectivity index (χ1n) is 4.79. The minimum absolute atomic E-state index is 0.481. The molecule has 4 nitrogen and oxygen atoms in total. The van der Waals surface area contributed by atoms with Gasteiger partial charge in [-0.3, -0.25) is 10.1 Å². The molecule has 0 aliphatic rings. The van der Waals surface area contributed by atoms with Crippen LogP contribution in [0.4, 0.5) is 15.8 Å². The van der Waals surface area contributed by atoms with E-state index in [1.807, 2.05) is 18.7 Å². The fourth-order valence-electron chi connectivity index (χ4n) is 1.43. The van der Waals surface area contributed by atoms with Crippen molar-refractivity contribution in [3.63, 3.8) is 0 Å². The molecule has 1 aromatic carbocycles. The molecule has 0 saturated carbocycles. The van der Waals surface area contributed by atoms with Crippen LogP contribution in [0.25, 0.3) is 0 Å². The van der Waals surface area contributed by atoms with Crippen LogP contribution in [0.15, 0.2) is 18.2 Å². The molecule has 5 heteroatoms. The summed E-state index contributed by atoms with van der Waals surface area (Å²) < 4.78 is 13.3. The molecule has 1 rings (SSSR count). The molecule has 82 valence electrons. The van der Waals surface area contributed by atoms with Crippen molar-refractivity contribution < 1.29 is 9.31 Å². The number of hydrogen-bond donors (Lipinski definition) is 0. The van der Waals surface area contributed by atoms with Crippen LogP contribution in [-0.4, -0.2) is 18.0 Å². The fourth-order valence-corrected chi connectivity index (χ4v) is 1.43. The zero-order valence-electron chi connectivity index (χ0n) is 8.74.